The van der Waals surface area contributed by atoms with Crippen molar-refractivity contribution in [1.29, 1.82) is 0 Å². The third-order valence-electron chi connectivity index (χ3n) is 3.99. The third-order valence-corrected chi connectivity index (χ3v) is 5.29. The van der Waals surface area contributed by atoms with E-state index in [0.717, 1.165) is 5.56 Å². The Hall–Kier alpha value is -2.46. The van der Waals surface area contributed by atoms with Crippen LogP contribution in [0.2, 0.25) is 0 Å². The lowest BCUT2D eigenvalue weighted by Crippen LogP contribution is -2.52. The predicted octanol–water partition coefficient (Wildman–Crippen LogP) is 0.0541. The Labute approximate surface area is 146 Å². The monoisotopic (exact) mass is 364 g/mol. The molecule has 3 heterocycles. The van der Waals surface area contributed by atoms with Gasteiger partial charge in [0.05, 0.1) is 6.26 Å². The summed E-state index contributed by atoms with van der Waals surface area (Å²) >= 11 is 0. The summed E-state index contributed by atoms with van der Waals surface area (Å²) in [5, 5.41) is 6.98. The number of nitrogens with zero attached hydrogens (tertiary/aromatic N) is 5. The summed E-state index contributed by atoms with van der Waals surface area (Å²) in [6.45, 7) is 1.78. The highest BCUT2D eigenvalue weighted by molar-refractivity contribution is 7.88. The highest BCUT2D eigenvalue weighted by Crippen LogP contribution is 2.08. The molecule has 25 heavy (non-hydrogen) atoms. The van der Waals surface area contributed by atoms with Crippen LogP contribution in [0.4, 0.5) is 4.79 Å². The van der Waals surface area contributed by atoms with Crippen molar-refractivity contribution in [2.24, 2.45) is 0 Å². The number of hydrogen-bond acceptors (Lipinski definition) is 5. The van der Waals surface area contributed by atoms with Gasteiger partial charge in [-0.3, -0.25) is 0 Å². The van der Waals surface area contributed by atoms with Crippen molar-refractivity contribution in [1.82, 2.24) is 29.3 Å². The summed E-state index contributed by atoms with van der Waals surface area (Å²) in [6, 6.07) is 5.29. The summed E-state index contributed by atoms with van der Waals surface area (Å²) in [4.78, 5) is 18.1. The van der Waals surface area contributed by atoms with Crippen molar-refractivity contribution in [3.63, 3.8) is 0 Å². The SMILES string of the molecule is CS(=O)(=O)N1CCN(C(=O)NCc2ccnc(-n3cccn3)c2)CC1. The van der Waals surface area contributed by atoms with Gasteiger partial charge in [0.2, 0.25) is 10.0 Å². The highest BCUT2D eigenvalue weighted by atomic mass is 32.2. The molecule has 0 spiro atoms. The molecule has 134 valence electrons. The number of piperazine rings is 1. The zero-order valence-electron chi connectivity index (χ0n) is 13.9. The molecule has 10 heteroatoms. The first-order chi connectivity index (χ1) is 11.9. The van der Waals surface area contributed by atoms with Crippen molar-refractivity contribution in [3.8, 4) is 5.82 Å². The molecule has 0 unspecified atom stereocenters. The van der Waals surface area contributed by atoms with Crippen LogP contribution in [0, 0.1) is 0 Å². The first-order valence-corrected chi connectivity index (χ1v) is 9.71. The fourth-order valence-electron chi connectivity index (χ4n) is 2.61. The van der Waals surface area contributed by atoms with E-state index in [1.807, 2.05) is 18.2 Å². The first kappa shape index (κ1) is 17.4. The van der Waals surface area contributed by atoms with Crippen LogP contribution < -0.4 is 5.32 Å². The molecule has 0 aliphatic carbocycles. The van der Waals surface area contributed by atoms with E-state index in [2.05, 4.69) is 15.4 Å². The van der Waals surface area contributed by atoms with Gasteiger partial charge < -0.3 is 10.2 Å². The van der Waals surface area contributed by atoms with Gasteiger partial charge in [-0.05, 0) is 23.8 Å². The van der Waals surface area contributed by atoms with Gasteiger partial charge in [0, 0.05) is 51.3 Å². The maximum absolute atomic E-state index is 12.3. The quantitative estimate of drug-likeness (QED) is 0.826. The molecule has 0 atom stereocenters. The lowest BCUT2D eigenvalue weighted by atomic mass is 10.2. The van der Waals surface area contributed by atoms with Crippen LogP contribution in [0.3, 0.4) is 0 Å². The van der Waals surface area contributed by atoms with Gasteiger partial charge in [-0.1, -0.05) is 0 Å². The second-order valence-electron chi connectivity index (χ2n) is 5.78. The minimum absolute atomic E-state index is 0.203. The number of rotatable bonds is 4. The zero-order valence-corrected chi connectivity index (χ0v) is 14.7. The average molecular weight is 364 g/mol. The van der Waals surface area contributed by atoms with E-state index in [9.17, 15) is 13.2 Å². The molecule has 0 aromatic carbocycles. The van der Waals surface area contributed by atoms with Gasteiger partial charge >= 0.3 is 6.03 Å². The Balaban J connectivity index is 1.54. The Morgan fingerprint density at radius 3 is 2.64 bits per heavy atom. The molecule has 1 fully saturated rings. The maximum Gasteiger partial charge on any atom is 0.317 e. The van der Waals surface area contributed by atoms with E-state index in [0.29, 0.717) is 38.5 Å². The molecular weight excluding hydrogens is 344 g/mol. The van der Waals surface area contributed by atoms with Crippen LogP contribution in [0.15, 0.2) is 36.8 Å². The molecule has 1 aliphatic rings. The molecule has 1 aliphatic heterocycles. The van der Waals surface area contributed by atoms with Gasteiger partial charge in [-0.15, -0.1) is 0 Å². The number of urea groups is 1. The summed E-state index contributed by atoms with van der Waals surface area (Å²) in [7, 11) is -3.20. The standard InChI is InChI=1S/C15H20N6O3S/c1-25(23,24)20-9-7-19(8-10-20)15(22)17-12-13-3-5-16-14(11-13)21-6-2-4-18-21/h2-6,11H,7-10,12H2,1H3,(H,17,22). The van der Waals surface area contributed by atoms with Gasteiger partial charge in [-0.2, -0.15) is 9.40 Å². The molecular formula is C15H20N6O3S. The number of pyridine rings is 1. The number of nitrogens with one attached hydrogen (secondary N) is 1. The molecule has 0 radical (unpaired) electrons. The summed E-state index contributed by atoms with van der Waals surface area (Å²) in [5.74, 6) is 0.679. The van der Waals surface area contributed by atoms with Crippen molar-refractivity contribution in [3.05, 3.63) is 42.4 Å². The Kier molecular flexibility index (Phi) is 5.00. The molecule has 1 saturated heterocycles. The lowest BCUT2D eigenvalue weighted by molar-refractivity contribution is 0.172. The van der Waals surface area contributed by atoms with Crippen molar-refractivity contribution in [2.75, 3.05) is 32.4 Å². The average Bonchev–Trinajstić information content (AvgIpc) is 3.14. The van der Waals surface area contributed by atoms with Gasteiger partial charge in [0.25, 0.3) is 0 Å². The number of sulfonamides is 1. The van der Waals surface area contributed by atoms with E-state index in [4.69, 9.17) is 0 Å². The Morgan fingerprint density at radius 2 is 2.00 bits per heavy atom. The van der Waals surface area contributed by atoms with Crippen LogP contribution >= 0.6 is 0 Å². The van der Waals surface area contributed by atoms with Crippen LogP contribution in [-0.4, -0.2) is 70.9 Å². The highest BCUT2D eigenvalue weighted by Gasteiger charge is 2.25. The van der Waals surface area contributed by atoms with Crippen LogP contribution in [0.1, 0.15) is 5.56 Å². The van der Waals surface area contributed by atoms with Crippen molar-refractivity contribution < 1.29 is 13.2 Å². The van der Waals surface area contributed by atoms with E-state index < -0.39 is 10.0 Å². The summed E-state index contributed by atoms with van der Waals surface area (Å²) in [6.07, 6.45) is 6.32. The molecule has 9 nitrogen and oxygen atoms in total. The van der Waals surface area contributed by atoms with Crippen LogP contribution in [-0.2, 0) is 16.6 Å². The van der Waals surface area contributed by atoms with Crippen LogP contribution in [0.5, 0.6) is 0 Å². The zero-order chi connectivity index (χ0) is 17.9. The molecule has 2 aromatic rings. The van der Waals surface area contributed by atoms with Crippen molar-refractivity contribution >= 4 is 16.1 Å². The molecule has 0 bridgehead atoms. The van der Waals surface area contributed by atoms with E-state index in [1.165, 1.54) is 10.6 Å². The number of hydrogen-bond donors (Lipinski definition) is 1. The second-order valence-corrected chi connectivity index (χ2v) is 7.76. The van der Waals surface area contributed by atoms with E-state index >= 15 is 0 Å². The Morgan fingerprint density at radius 1 is 1.24 bits per heavy atom. The molecule has 2 aromatic heterocycles. The normalized spacial score (nSPS) is 16.0. The topological polar surface area (TPSA) is 100 Å². The fourth-order valence-corrected chi connectivity index (χ4v) is 3.44. The number of amides is 2. The Bertz CT molecular complexity index is 829. The number of aromatic nitrogens is 3. The van der Waals surface area contributed by atoms with Crippen LogP contribution in [0.25, 0.3) is 5.82 Å². The summed E-state index contributed by atoms with van der Waals surface area (Å²) in [5.41, 5.74) is 0.906. The van der Waals surface area contributed by atoms with E-state index in [1.54, 1.807) is 28.2 Å². The van der Waals surface area contributed by atoms with Crippen molar-refractivity contribution in [2.45, 2.75) is 6.54 Å². The third kappa shape index (κ3) is 4.34. The van der Waals surface area contributed by atoms with E-state index in [-0.39, 0.29) is 6.03 Å². The smallest absolute Gasteiger partial charge is 0.317 e. The largest absolute Gasteiger partial charge is 0.334 e. The molecule has 0 saturated carbocycles. The predicted molar refractivity (Wildman–Crippen MR) is 91.6 cm³/mol. The summed E-state index contributed by atoms with van der Waals surface area (Å²) < 4.78 is 26.0. The lowest BCUT2D eigenvalue weighted by Gasteiger charge is -2.33. The minimum Gasteiger partial charge on any atom is -0.334 e. The second kappa shape index (κ2) is 7.19. The van der Waals surface area contributed by atoms with Gasteiger partial charge in [0.1, 0.15) is 0 Å². The van der Waals surface area contributed by atoms with Gasteiger partial charge in [0.15, 0.2) is 5.82 Å². The number of carbonyl (C=O) groups excluding carboxylic acids is 1. The minimum atomic E-state index is -3.20. The number of carbonyl (C=O) groups is 1. The molecule has 2 amide bonds. The maximum atomic E-state index is 12.3. The molecule has 1 N–H and O–H groups in total. The molecule has 3 rings (SSSR count). The fraction of sp³-hybridized carbons (Fsp3) is 0.400. The van der Waals surface area contributed by atoms with Gasteiger partial charge in [-0.25, -0.2) is 22.9 Å². The first-order valence-electron chi connectivity index (χ1n) is 7.86.